The van der Waals surface area contributed by atoms with Crippen LogP contribution >= 0.6 is 0 Å². The number of anilines is 1. The lowest BCUT2D eigenvalue weighted by atomic mass is 10.1. The first-order valence-corrected chi connectivity index (χ1v) is 8.11. The summed E-state index contributed by atoms with van der Waals surface area (Å²) in [7, 11) is 0. The Morgan fingerprint density at radius 2 is 2.00 bits per heavy atom. The predicted octanol–water partition coefficient (Wildman–Crippen LogP) is 3.94. The van der Waals surface area contributed by atoms with Crippen LogP contribution in [0.2, 0.25) is 0 Å². The van der Waals surface area contributed by atoms with Gasteiger partial charge in [0.2, 0.25) is 0 Å². The standard InChI is InChI=1S/C17H29N3O/c1-5-7-8-12-20(14(3)4)17(21)15-9-10-16(19-13-15)18-11-6-2/h9-10,13-14H,5-8,11-12H2,1-4H3,(H,18,19). The number of aromatic nitrogens is 1. The van der Waals surface area contributed by atoms with E-state index in [-0.39, 0.29) is 11.9 Å². The van der Waals surface area contributed by atoms with E-state index in [1.807, 2.05) is 17.0 Å². The Labute approximate surface area is 129 Å². The molecule has 1 rings (SSSR count). The lowest BCUT2D eigenvalue weighted by molar-refractivity contribution is 0.0702. The molecule has 1 heterocycles. The molecule has 0 radical (unpaired) electrons. The maximum absolute atomic E-state index is 12.6. The quantitative estimate of drug-likeness (QED) is 0.701. The SMILES string of the molecule is CCCCCN(C(=O)c1ccc(NCCC)nc1)C(C)C. The summed E-state index contributed by atoms with van der Waals surface area (Å²) in [6, 6.07) is 3.96. The highest BCUT2D eigenvalue weighted by molar-refractivity contribution is 5.94. The van der Waals surface area contributed by atoms with E-state index in [0.29, 0.717) is 5.56 Å². The Kier molecular flexibility index (Phi) is 7.80. The van der Waals surface area contributed by atoms with Crippen molar-refractivity contribution in [1.82, 2.24) is 9.88 Å². The number of nitrogens with zero attached hydrogens (tertiary/aromatic N) is 2. The topological polar surface area (TPSA) is 45.2 Å². The molecule has 4 nitrogen and oxygen atoms in total. The minimum Gasteiger partial charge on any atom is -0.370 e. The molecule has 0 atom stereocenters. The molecule has 0 aliphatic carbocycles. The molecule has 0 saturated carbocycles. The highest BCUT2D eigenvalue weighted by Crippen LogP contribution is 2.12. The molecule has 0 aliphatic heterocycles. The highest BCUT2D eigenvalue weighted by Gasteiger charge is 2.18. The summed E-state index contributed by atoms with van der Waals surface area (Å²) >= 11 is 0. The molecule has 0 bridgehead atoms. The zero-order valence-electron chi connectivity index (χ0n) is 13.9. The summed E-state index contributed by atoms with van der Waals surface area (Å²) in [6.07, 6.45) is 6.12. The molecular weight excluding hydrogens is 262 g/mol. The molecule has 4 heteroatoms. The van der Waals surface area contributed by atoms with E-state index in [0.717, 1.165) is 38.2 Å². The van der Waals surface area contributed by atoms with E-state index in [4.69, 9.17) is 0 Å². The van der Waals surface area contributed by atoms with Crippen LogP contribution in [-0.4, -0.2) is 34.9 Å². The molecule has 118 valence electrons. The van der Waals surface area contributed by atoms with Gasteiger partial charge in [0.1, 0.15) is 5.82 Å². The second-order valence-corrected chi connectivity index (χ2v) is 5.66. The van der Waals surface area contributed by atoms with Gasteiger partial charge in [0.15, 0.2) is 0 Å². The molecule has 1 aromatic heterocycles. The number of pyridine rings is 1. The number of nitrogens with one attached hydrogen (secondary N) is 1. The summed E-state index contributed by atoms with van der Waals surface area (Å²) in [4.78, 5) is 18.8. The summed E-state index contributed by atoms with van der Waals surface area (Å²) in [6.45, 7) is 10.1. The van der Waals surface area contributed by atoms with Crippen molar-refractivity contribution in [1.29, 1.82) is 0 Å². The van der Waals surface area contributed by atoms with Crippen molar-refractivity contribution in [2.24, 2.45) is 0 Å². The van der Waals surface area contributed by atoms with E-state index in [1.54, 1.807) is 6.20 Å². The van der Waals surface area contributed by atoms with Crippen molar-refractivity contribution < 1.29 is 4.79 Å². The van der Waals surface area contributed by atoms with Crippen molar-refractivity contribution in [3.8, 4) is 0 Å². The normalized spacial score (nSPS) is 10.7. The van der Waals surface area contributed by atoms with Crippen LogP contribution in [0.5, 0.6) is 0 Å². The summed E-state index contributed by atoms with van der Waals surface area (Å²) < 4.78 is 0. The number of rotatable bonds is 9. The summed E-state index contributed by atoms with van der Waals surface area (Å²) in [5.41, 5.74) is 0.669. The van der Waals surface area contributed by atoms with E-state index in [2.05, 4.69) is 38.0 Å². The number of unbranched alkanes of at least 4 members (excludes halogenated alkanes) is 2. The first-order chi connectivity index (χ1) is 10.1. The number of amides is 1. The minimum absolute atomic E-state index is 0.0793. The Morgan fingerprint density at radius 1 is 1.24 bits per heavy atom. The van der Waals surface area contributed by atoms with Crippen molar-refractivity contribution in [2.75, 3.05) is 18.4 Å². The van der Waals surface area contributed by atoms with Crippen molar-refractivity contribution in [3.05, 3.63) is 23.9 Å². The maximum atomic E-state index is 12.6. The zero-order valence-corrected chi connectivity index (χ0v) is 13.9. The van der Waals surface area contributed by atoms with Gasteiger partial charge in [0, 0.05) is 25.3 Å². The molecule has 0 unspecified atom stereocenters. The third-order valence-corrected chi connectivity index (χ3v) is 3.45. The second-order valence-electron chi connectivity index (χ2n) is 5.66. The van der Waals surface area contributed by atoms with Gasteiger partial charge in [-0.15, -0.1) is 0 Å². The molecule has 21 heavy (non-hydrogen) atoms. The van der Waals surface area contributed by atoms with Gasteiger partial charge in [-0.05, 0) is 38.8 Å². The predicted molar refractivity (Wildman–Crippen MR) is 88.7 cm³/mol. The van der Waals surface area contributed by atoms with E-state index in [9.17, 15) is 4.79 Å². The van der Waals surface area contributed by atoms with Crippen molar-refractivity contribution in [3.63, 3.8) is 0 Å². The van der Waals surface area contributed by atoms with E-state index >= 15 is 0 Å². The number of hydrogen-bond donors (Lipinski definition) is 1. The van der Waals surface area contributed by atoms with Gasteiger partial charge in [-0.3, -0.25) is 4.79 Å². The average molecular weight is 291 g/mol. The zero-order chi connectivity index (χ0) is 15.7. The highest BCUT2D eigenvalue weighted by atomic mass is 16.2. The molecule has 0 saturated heterocycles. The van der Waals surface area contributed by atoms with Gasteiger partial charge in [-0.2, -0.15) is 0 Å². The first-order valence-electron chi connectivity index (χ1n) is 8.11. The van der Waals surface area contributed by atoms with Gasteiger partial charge in [-0.25, -0.2) is 4.98 Å². The Bertz CT molecular complexity index is 415. The first kappa shape index (κ1) is 17.5. The lowest BCUT2D eigenvalue weighted by Crippen LogP contribution is -2.37. The maximum Gasteiger partial charge on any atom is 0.255 e. The average Bonchev–Trinajstić information content (AvgIpc) is 2.49. The fourth-order valence-electron chi connectivity index (χ4n) is 2.17. The van der Waals surface area contributed by atoms with Crippen molar-refractivity contribution in [2.45, 2.75) is 59.4 Å². The Morgan fingerprint density at radius 3 is 2.52 bits per heavy atom. The van der Waals surface area contributed by atoms with Gasteiger partial charge < -0.3 is 10.2 Å². The van der Waals surface area contributed by atoms with Gasteiger partial charge >= 0.3 is 0 Å². The van der Waals surface area contributed by atoms with Crippen LogP contribution < -0.4 is 5.32 Å². The molecule has 1 aromatic rings. The fraction of sp³-hybridized carbons (Fsp3) is 0.647. The van der Waals surface area contributed by atoms with Crippen LogP contribution in [-0.2, 0) is 0 Å². The summed E-state index contributed by atoms with van der Waals surface area (Å²) in [5.74, 6) is 0.908. The molecule has 1 N–H and O–H groups in total. The van der Waals surface area contributed by atoms with Gasteiger partial charge in [-0.1, -0.05) is 26.7 Å². The van der Waals surface area contributed by atoms with Crippen LogP contribution in [0.3, 0.4) is 0 Å². The van der Waals surface area contributed by atoms with Crippen LogP contribution in [0.1, 0.15) is 63.7 Å². The van der Waals surface area contributed by atoms with Crippen molar-refractivity contribution >= 4 is 11.7 Å². The number of carbonyl (C=O) groups is 1. The van der Waals surface area contributed by atoms with Crippen LogP contribution in [0.4, 0.5) is 5.82 Å². The second kappa shape index (κ2) is 9.37. The molecule has 0 aromatic carbocycles. The van der Waals surface area contributed by atoms with Crippen LogP contribution in [0.25, 0.3) is 0 Å². The largest absolute Gasteiger partial charge is 0.370 e. The Hall–Kier alpha value is -1.58. The van der Waals surface area contributed by atoms with E-state index < -0.39 is 0 Å². The molecule has 0 spiro atoms. The third-order valence-electron chi connectivity index (χ3n) is 3.45. The number of hydrogen-bond acceptors (Lipinski definition) is 3. The third kappa shape index (κ3) is 5.74. The van der Waals surface area contributed by atoms with Gasteiger partial charge in [0.25, 0.3) is 5.91 Å². The smallest absolute Gasteiger partial charge is 0.255 e. The monoisotopic (exact) mass is 291 g/mol. The Balaban J connectivity index is 2.69. The minimum atomic E-state index is 0.0793. The van der Waals surface area contributed by atoms with Gasteiger partial charge in [0.05, 0.1) is 5.56 Å². The molecule has 0 aliphatic rings. The molecule has 0 fully saturated rings. The van der Waals surface area contributed by atoms with Crippen LogP contribution in [0.15, 0.2) is 18.3 Å². The molecular formula is C17H29N3O. The van der Waals surface area contributed by atoms with Crippen LogP contribution in [0, 0.1) is 0 Å². The fourth-order valence-corrected chi connectivity index (χ4v) is 2.17. The summed E-state index contributed by atoms with van der Waals surface area (Å²) in [5, 5.41) is 3.22. The molecule has 1 amide bonds. The lowest BCUT2D eigenvalue weighted by Gasteiger charge is -2.26. The van der Waals surface area contributed by atoms with E-state index in [1.165, 1.54) is 6.42 Å². The number of carbonyl (C=O) groups excluding carboxylic acids is 1.